The second-order valence-electron chi connectivity index (χ2n) is 8.19. The fourth-order valence-corrected chi connectivity index (χ4v) is 3.57. The van der Waals surface area contributed by atoms with E-state index in [0.29, 0.717) is 17.2 Å². The molecule has 0 spiro atoms. The van der Waals surface area contributed by atoms with Crippen LogP contribution in [-0.4, -0.2) is 39.3 Å². The number of para-hydroxylation sites is 1. The Morgan fingerprint density at radius 2 is 1.31 bits per heavy atom. The van der Waals surface area contributed by atoms with Gasteiger partial charge in [-0.15, -0.1) is 0 Å². The zero-order valence-electron chi connectivity index (χ0n) is 20.4. The zero-order chi connectivity index (χ0) is 25.2. The molecule has 1 N–H and O–H groups in total. The Morgan fingerprint density at radius 1 is 0.771 bits per heavy atom. The molecule has 0 saturated carbocycles. The first-order chi connectivity index (χ1) is 16.9. The topological polar surface area (TPSA) is 83.1 Å². The third kappa shape index (κ3) is 7.24. The molecule has 1 amide bonds. The lowest BCUT2D eigenvalue weighted by Crippen LogP contribution is -2.33. The Morgan fingerprint density at radius 3 is 1.83 bits per heavy atom. The Labute approximate surface area is 206 Å². The number of benzene rings is 3. The lowest BCUT2D eigenvalue weighted by atomic mass is 9.98. The highest BCUT2D eigenvalue weighted by Gasteiger charge is 2.19. The maximum Gasteiger partial charge on any atom is 0.344 e. The molecule has 0 unspecified atom stereocenters. The molecule has 0 aliphatic rings. The molecular formula is C28H31NO6. The summed E-state index contributed by atoms with van der Waals surface area (Å²) < 4.78 is 21.2. The third-order valence-electron chi connectivity index (χ3n) is 5.45. The second kappa shape index (κ2) is 12.5. The van der Waals surface area contributed by atoms with Crippen molar-refractivity contribution in [2.75, 3.05) is 27.4 Å². The van der Waals surface area contributed by atoms with E-state index in [1.54, 1.807) is 14.2 Å². The minimum Gasteiger partial charge on any atom is -0.497 e. The van der Waals surface area contributed by atoms with Crippen LogP contribution in [0.2, 0.25) is 0 Å². The number of hydrogen-bond acceptors (Lipinski definition) is 6. The molecule has 0 aliphatic carbocycles. The molecule has 0 saturated heterocycles. The van der Waals surface area contributed by atoms with E-state index in [1.807, 2.05) is 86.6 Å². The van der Waals surface area contributed by atoms with Crippen molar-refractivity contribution in [2.45, 2.75) is 25.8 Å². The zero-order valence-corrected chi connectivity index (χ0v) is 20.4. The van der Waals surface area contributed by atoms with Crippen molar-refractivity contribution >= 4 is 11.9 Å². The Balaban J connectivity index is 1.62. The van der Waals surface area contributed by atoms with Gasteiger partial charge >= 0.3 is 5.97 Å². The van der Waals surface area contributed by atoms with E-state index in [9.17, 15) is 9.59 Å². The fourth-order valence-electron chi connectivity index (χ4n) is 3.57. The van der Waals surface area contributed by atoms with E-state index >= 15 is 0 Å². The number of esters is 1. The predicted molar refractivity (Wildman–Crippen MR) is 133 cm³/mol. The molecule has 7 nitrogen and oxygen atoms in total. The van der Waals surface area contributed by atoms with Crippen LogP contribution >= 0.6 is 0 Å². The number of methoxy groups -OCH3 is 2. The molecule has 3 aromatic rings. The first kappa shape index (κ1) is 25.6. The smallest absolute Gasteiger partial charge is 0.344 e. The quantitative estimate of drug-likeness (QED) is 0.405. The van der Waals surface area contributed by atoms with Crippen LogP contribution in [0.25, 0.3) is 0 Å². The highest BCUT2D eigenvalue weighted by Crippen LogP contribution is 2.27. The molecule has 0 aliphatic heterocycles. The molecule has 3 rings (SSSR count). The van der Waals surface area contributed by atoms with Gasteiger partial charge in [0.2, 0.25) is 0 Å². The van der Waals surface area contributed by atoms with Crippen LogP contribution in [0.15, 0.2) is 72.8 Å². The number of nitrogens with one attached hydrogen (secondary N) is 1. The molecular weight excluding hydrogens is 446 g/mol. The number of amides is 1. The molecule has 184 valence electrons. The van der Waals surface area contributed by atoms with Gasteiger partial charge in [-0.25, -0.2) is 4.79 Å². The minimum absolute atomic E-state index is 0.251. The SMILES string of the molecule is COc1ccc(C(NC(=O)COC(=O)COc2ccccc2C(C)C)c2ccc(OC)cc2)cc1. The molecule has 0 bridgehead atoms. The van der Waals surface area contributed by atoms with Crippen molar-refractivity contribution in [3.05, 3.63) is 89.5 Å². The number of ether oxygens (including phenoxy) is 4. The summed E-state index contributed by atoms with van der Waals surface area (Å²) >= 11 is 0. The van der Waals surface area contributed by atoms with E-state index in [0.717, 1.165) is 16.7 Å². The van der Waals surface area contributed by atoms with Crippen LogP contribution < -0.4 is 19.5 Å². The summed E-state index contributed by atoms with van der Waals surface area (Å²) in [5.41, 5.74) is 2.70. The maximum absolute atomic E-state index is 12.7. The van der Waals surface area contributed by atoms with Crippen molar-refractivity contribution in [1.82, 2.24) is 5.32 Å². The maximum atomic E-state index is 12.7. The van der Waals surface area contributed by atoms with Gasteiger partial charge in [-0.3, -0.25) is 4.79 Å². The van der Waals surface area contributed by atoms with Crippen LogP contribution in [-0.2, 0) is 14.3 Å². The van der Waals surface area contributed by atoms with E-state index in [-0.39, 0.29) is 12.5 Å². The van der Waals surface area contributed by atoms with Crippen molar-refractivity contribution in [3.63, 3.8) is 0 Å². The summed E-state index contributed by atoms with van der Waals surface area (Å²) in [7, 11) is 3.19. The Bertz CT molecular complexity index is 1060. The highest BCUT2D eigenvalue weighted by molar-refractivity contribution is 5.81. The second-order valence-corrected chi connectivity index (χ2v) is 8.19. The van der Waals surface area contributed by atoms with Gasteiger partial charge in [-0.1, -0.05) is 56.3 Å². The normalized spacial score (nSPS) is 10.7. The summed E-state index contributed by atoms with van der Waals surface area (Å²) in [6, 6.07) is 21.9. The van der Waals surface area contributed by atoms with Crippen molar-refractivity contribution < 1.29 is 28.5 Å². The molecule has 0 aromatic heterocycles. The molecule has 35 heavy (non-hydrogen) atoms. The lowest BCUT2D eigenvalue weighted by molar-refractivity contribution is -0.150. The van der Waals surface area contributed by atoms with Crippen LogP contribution in [0.1, 0.15) is 42.5 Å². The standard InChI is InChI=1S/C28H31NO6/c1-19(2)24-7-5-6-8-25(24)34-18-27(31)35-17-26(30)29-28(20-9-13-22(32-3)14-10-20)21-11-15-23(33-4)16-12-21/h5-16,19,28H,17-18H2,1-4H3,(H,29,30). The molecule has 0 heterocycles. The van der Waals surface area contributed by atoms with Crippen LogP contribution in [0.5, 0.6) is 17.2 Å². The van der Waals surface area contributed by atoms with Gasteiger partial charge in [-0.05, 0) is 52.9 Å². The summed E-state index contributed by atoms with van der Waals surface area (Å²) in [5.74, 6) is 1.24. The molecule has 7 heteroatoms. The van der Waals surface area contributed by atoms with E-state index < -0.39 is 24.5 Å². The Kier molecular flexibility index (Phi) is 9.12. The third-order valence-corrected chi connectivity index (χ3v) is 5.45. The average molecular weight is 478 g/mol. The van der Waals surface area contributed by atoms with Crippen LogP contribution in [0.3, 0.4) is 0 Å². The number of carbonyl (C=O) groups excluding carboxylic acids is 2. The highest BCUT2D eigenvalue weighted by atomic mass is 16.6. The first-order valence-corrected chi connectivity index (χ1v) is 11.4. The monoisotopic (exact) mass is 477 g/mol. The minimum atomic E-state index is -0.621. The summed E-state index contributed by atoms with van der Waals surface area (Å²) in [6.07, 6.45) is 0. The van der Waals surface area contributed by atoms with E-state index in [2.05, 4.69) is 5.32 Å². The molecule has 0 fully saturated rings. The van der Waals surface area contributed by atoms with Crippen molar-refractivity contribution in [1.29, 1.82) is 0 Å². The van der Waals surface area contributed by atoms with Crippen LogP contribution in [0.4, 0.5) is 0 Å². The fraction of sp³-hybridized carbons (Fsp3) is 0.286. The molecule has 0 atom stereocenters. The lowest BCUT2D eigenvalue weighted by Gasteiger charge is -2.20. The van der Waals surface area contributed by atoms with Crippen LogP contribution in [0, 0.1) is 0 Å². The van der Waals surface area contributed by atoms with Gasteiger partial charge in [0, 0.05) is 0 Å². The number of carbonyl (C=O) groups is 2. The summed E-state index contributed by atoms with van der Waals surface area (Å²) in [6.45, 7) is 3.40. The number of hydrogen-bond donors (Lipinski definition) is 1. The molecule has 0 radical (unpaired) electrons. The van der Waals surface area contributed by atoms with Gasteiger partial charge in [0.25, 0.3) is 5.91 Å². The van der Waals surface area contributed by atoms with Gasteiger partial charge in [0.1, 0.15) is 17.2 Å². The average Bonchev–Trinajstić information content (AvgIpc) is 2.89. The largest absolute Gasteiger partial charge is 0.497 e. The van der Waals surface area contributed by atoms with Gasteiger partial charge in [0.05, 0.1) is 20.3 Å². The van der Waals surface area contributed by atoms with Crippen molar-refractivity contribution in [3.8, 4) is 17.2 Å². The van der Waals surface area contributed by atoms with Gasteiger partial charge in [0.15, 0.2) is 13.2 Å². The van der Waals surface area contributed by atoms with Gasteiger partial charge in [-0.2, -0.15) is 0 Å². The predicted octanol–water partition coefficient (Wildman–Crippen LogP) is 4.66. The Hall–Kier alpha value is -4.00. The molecule has 3 aromatic carbocycles. The van der Waals surface area contributed by atoms with Crippen molar-refractivity contribution in [2.24, 2.45) is 0 Å². The number of rotatable bonds is 11. The first-order valence-electron chi connectivity index (χ1n) is 11.4. The summed E-state index contributed by atoms with van der Waals surface area (Å²) in [5, 5.41) is 2.94. The summed E-state index contributed by atoms with van der Waals surface area (Å²) in [4.78, 5) is 24.9. The van der Waals surface area contributed by atoms with E-state index in [4.69, 9.17) is 18.9 Å². The van der Waals surface area contributed by atoms with Gasteiger partial charge < -0.3 is 24.3 Å². The van der Waals surface area contributed by atoms with E-state index in [1.165, 1.54) is 0 Å².